The van der Waals surface area contributed by atoms with Crippen LogP contribution in [-0.4, -0.2) is 28.3 Å². The van der Waals surface area contributed by atoms with Gasteiger partial charge in [0.1, 0.15) is 22.2 Å². The number of allylic oxidation sites excluding steroid dienone is 1. The first-order chi connectivity index (χ1) is 20.0. The van der Waals surface area contributed by atoms with Gasteiger partial charge in [0, 0.05) is 46.2 Å². The Morgan fingerprint density at radius 3 is 2.45 bits per heavy atom. The highest BCUT2D eigenvalue weighted by Crippen LogP contribution is 2.28. The Hall–Kier alpha value is -5.46. The predicted molar refractivity (Wildman–Crippen MR) is 156 cm³/mol. The molecule has 2 aromatic carbocycles. The Balaban J connectivity index is 1.34. The number of hydrogen-bond acceptors (Lipinski definition) is 12. The molecule has 0 bridgehead atoms. The minimum absolute atomic E-state index is 0.00981. The van der Waals surface area contributed by atoms with Crippen LogP contribution in [0.1, 0.15) is 16.4 Å². The second kappa shape index (κ2) is 11.2. The molecule has 0 saturated heterocycles. The van der Waals surface area contributed by atoms with Gasteiger partial charge in [-0.05, 0) is 56.3 Å². The predicted octanol–water partition coefficient (Wildman–Crippen LogP) is 5.01. The third-order valence-electron chi connectivity index (χ3n) is 5.81. The molecule has 2 N–H and O–H groups in total. The van der Waals surface area contributed by atoms with Crippen molar-refractivity contribution in [2.45, 2.75) is 18.7 Å². The van der Waals surface area contributed by atoms with E-state index in [1.54, 1.807) is 25.3 Å². The third kappa shape index (κ3) is 5.99. The van der Waals surface area contributed by atoms with E-state index in [-0.39, 0.29) is 38.9 Å². The Bertz CT molecular complexity index is 2080. The molecule has 5 rings (SSSR count). The van der Waals surface area contributed by atoms with Crippen LogP contribution in [0.3, 0.4) is 0 Å². The maximum atomic E-state index is 12.8. The number of anilines is 2. The summed E-state index contributed by atoms with van der Waals surface area (Å²) >= 11 is 1.11. The summed E-state index contributed by atoms with van der Waals surface area (Å²) in [4.78, 5) is 35.7. The topological polar surface area (TPSA) is 194 Å². The number of aromatic nitrogens is 3. The quantitative estimate of drug-likeness (QED) is 0.105. The van der Waals surface area contributed by atoms with E-state index in [2.05, 4.69) is 25.0 Å². The highest BCUT2D eigenvalue weighted by molar-refractivity contribution is 7.92. The zero-order valence-corrected chi connectivity index (χ0v) is 23.5. The van der Waals surface area contributed by atoms with Crippen LogP contribution < -0.4 is 15.7 Å². The lowest BCUT2D eigenvalue weighted by Crippen LogP contribution is -2.15. The summed E-state index contributed by atoms with van der Waals surface area (Å²) in [6.07, 6.45) is 1.40. The molecule has 0 saturated carbocycles. The van der Waals surface area contributed by atoms with Gasteiger partial charge >= 0.3 is 5.63 Å². The molecule has 0 unspecified atom stereocenters. The van der Waals surface area contributed by atoms with Crippen LogP contribution >= 0.6 is 11.3 Å². The van der Waals surface area contributed by atoms with Crippen molar-refractivity contribution in [3.8, 4) is 17.3 Å². The molecule has 13 nitrogen and oxygen atoms in total. The van der Waals surface area contributed by atoms with Crippen LogP contribution in [0.15, 0.2) is 80.3 Å². The zero-order chi connectivity index (χ0) is 30.0. The molecule has 0 aliphatic heterocycles. The summed E-state index contributed by atoms with van der Waals surface area (Å²) in [5.74, 6) is -0.0260. The maximum Gasteiger partial charge on any atom is 0.345 e. The zero-order valence-electron chi connectivity index (χ0n) is 21.9. The fraction of sp³-hybridized carbons (Fsp3) is 0.0741. The second-order valence-electron chi connectivity index (χ2n) is 8.88. The molecule has 0 fully saturated rings. The molecule has 0 aliphatic rings. The molecule has 5 aromatic rings. The molecule has 210 valence electrons. The first kappa shape index (κ1) is 28.1. The molecule has 15 heteroatoms. The van der Waals surface area contributed by atoms with Crippen LogP contribution in [0, 0.1) is 35.3 Å². The molecular formula is C27H19N7O6S2. The molecule has 42 heavy (non-hydrogen) atoms. The average molecular weight is 602 g/mol. The summed E-state index contributed by atoms with van der Waals surface area (Å²) in [5.41, 5.74) is 1.59. The molecule has 3 heterocycles. The number of hydrogen-bond donors (Lipinski definition) is 2. The first-order valence-electron chi connectivity index (χ1n) is 12.0. The van der Waals surface area contributed by atoms with Crippen LogP contribution in [0.5, 0.6) is 0 Å². The Morgan fingerprint density at radius 1 is 1.07 bits per heavy atom. The van der Waals surface area contributed by atoms with Crippen LogP contribution in [0.4, 0.5) is 17.3 Å². The molecule has 0 atom stereocenters. The van der Waals surface area contributed by atoms with Gasteiger partial charge in [0.2, 0.25) is 5.95 Å². The minimum atomic E-state index is -3.94. The van der Waals surface area contributed by atoms with E-state index in [1.165, 1.54) is 54.7 Å². The van der Waals surface area contributed by atoms with Crippen LogP contribution in [0.2, 0.25) is 0 Å². The second-order valence-corrected chi connectivity index (χ2v) is 11.4. The Labute approximate surface area is 242 Å². The lowest BCUT2D eigenvalue weighted by Gasteiger charge is -2.09. The van der Waals surface area contributed by atoms with Gasteiger partial charge in [-0.25, -0.2) is 32.9 Å². The number of sulfonamides is 1. The van der Waals surface area contributed by atoms with E-state index in [0.29, 0.717) is 27.5 Å². The number of fused-ring (bicyclic) bond motifs is 1. The molecule has 0 aliphatic carbocycles. The molecule has 3 aromatic heterocycles. The van der Waals surface area contributed by atoms with Gasteiger partial charge in [-0.3, -0.25) is 10.1 Å². The van der Waals surface area contributed by atoms with Gasteiger partial charge in [-0.2, -0.15) is 5.26 Å². The highest BCUT2D eigenvalue weighted by Gasteiger charge is 2.17. The summed E-state index contributed by atoms with van der Waals surface area (Å²) in [6, 6.07) is 14.9. The Kier molecular flexibility index (Phi) is 7.49. The number of nitro groups is 1. The van der Waals surface area contributed by atoms with E-state index >= 15 is 0 Å². The SMILES string of the molecule is Cc1cc(C)nc(NS(=O)(=O)c2ccc(NC=C(C#N)c3nc(-c4cc5cc([N+](=O)[O-])ccc5oc4=O)cs3)cc2)n1. The van der Waals surface area contributed by atoms with Crippen molar-refractivity contribution in [2.75, 3.05) is 10.0 Å². The van der Waals surface area contributed by atoms with Crippen molar-refractivity contribution in [3.05, 3.63) is 103 Å². The summed E-state index contributed by atoms with van der Waals surface area (Å²) in [7, 11) is -3.94. The van der Waals surface area contributed by atoms with Gasteiger partial charge in [0.25, 0.3) is 15.7 Å². The smallest absolute Gasteiger partial charge is 0.345 e. The monoisotopic (exact) mass is 601 g/mol. The van der Waals surface area contributed by atoms with Crippen molar-refractivity contribution in [1.82, 2.24) is 15.0 Å². The van der Waals surface area contributed by atoms with E-state index < -0.39 is 20.6 Å². The number of thiazole rings is 1. The van der Waals surface area contributed by atoms with Gasteiger partial charge in [-0.15, -0.1) is 11.3 Å². The number of non-ortho nitro benzene ring substituents is 1. The van der Waals surface area contributed by atoms with Crippen molar-refractivity contribution in [3.63, 3.8) is 0 Å². The van der Waals surface area contributed by atoms with Gasteiger partial charge in [0.05, 0.1) is 21.1 Å². The number of nitriles is 1. The number of nitrogens with zero attached hydrogens (tertiary/aromatic N) is 5. The van der Waals surface area contributed by atoms with Crippen LogP contribution in [-0.2, 0) is 10.0 Å². The lowest BCUT2D eigenvalue weighted by atomic mass is 10.1. The van der Waals surface area contributed by atoms with Crippen molar-refractivity contribution in [1.29, 1.82) is 5.26 Å². The fourth-order valence-corrected chi connectivity index (χ4v) is 5.63. The van der Waals surface area contributed by atoms with E-state index in [9.17, 15) is 28.6 Å². The van der Waals surface area contributed by atoms with Crippen molar-refractivity contribution >= 4 is 55.2 Å². The van der Waals surface area contributed by atoms with E-state index in [0.717, 1.165) is 11.3 Å². The number of nitrogens with one attached hydrogen (secondary N) is 2. The van der Waals surface area contributed by atoms with Gasteiger partial charge in [-0.1, -0.05) is 0 Å². The number of benzene rings is 2. The normalized spacial score (nSPS) is 11.7. The fourth-order valence-electron chi connectivity index (χ4n) is 3.90. The summed E-state index contributed by atoms with van der Waals surface area (Å²) in [5, 5.41) is 26.0. The maximum absolute atomic E-state index is 12.8. The Morgan fingerprint density at radius 2 is 1.79 bits per heavy atom. The molecule has 0 amide bonds. The number of rotatable bonds is 8. The molecular weight excluding hydrogens is 582 g/mol. The first-order valence-corrected chi connectivity index (χ1v) is 14.4. The van der Waals surface area contributed by atoms with E-state index in [4.69, 9.17) is 4.42 Å². The number of nitro benzene ring substituents is 1. The molecule has 0 spiro atoms. The summed E-state index contributed by atoms with van der Waals surface area (Å²) < 4.78 is 33.2. The lowest BCUT2D eigenvalue weighted by molar-refractivity contribution is -0.384. The number of aryl methyl sites for hydroxylation is 2. The highest BCUT2D eigenvalue weighted by atomic mass is 32.2. The van der Waals surface area contributed by atoms with Crippen molar-refractivity contribution < 1.29 is 17.8 Å². The van der Waals surface area contributed by atoms with Crippen LogP contribution in [0.25, 0.3) is 27.8 Å². The minimum Gasteiger partial charge on any atom is -0.422 e. The van der Waals surface area contributed by atoms with Gasteiger partial charge < -0.3 is 9.73 Å². The average Bonchev–Trinajstić information content (AvgIpc) is 3.42. The standard InChI is InChI=1S/C27H19N7O6S2/c1-15-9-16(2)31-27(30-15)33-42(38,39)21-6-3-19(4-7-21)29-13-18(12-28)25-32-23(14-41-25)22-11-17-10-20(34(36)37)5-8-24(17)40-26(22)35/h3-11,13-14,29H,1-2H3,(H,30,31,33). The largest absolute Gasteiger partial charge is 0.422 e. The van der Waals surface area contributed by atoms with Crippen molar-refractivity contribution in [2.24, 2.45) is 0 Å². The summed E-state index contributed by atoms with van der Waals surface area (Å²) in [6.45, 7) is 3.47. The van der Waals surface area contributed by atoms with Gasteiger partial charge in [0.15, 0.2) is 0 Å². The molecule has 0 radical (unpaired) electrons. The van der Waals surface area contributed by atoms with E-state index in [1.807, 2.05) is 6.07 Å². The third-order valence-corrected chi connectivity index (χ3v) is 8.03.